The second-order valence-corrected chi connectivity index (χ2v) is 5.95. The third-order valence-electron chi connectivity index (χ3n) is 3.44. The highest BCUT2D eigenvalue weighted by Gasteiger charge is 2.38. The van der Waals surface area contributed by atoms with Gasteiger partial charge in [0.15, 0.2) is 0 Å². The summed E-state index contributed by atoms with van der Waals surface area (Å²) in [7, 11) is 0. The zero-order valence-corrected chi connectivity index (χ0v) is 12.3. The summed E-state index contributed by atoms with van der Waals surface area (Å²) in [6.45, 7) is 6.07. The van der Waals surface area contributed by atoms with Gasteiger partial charge in [0.25, 0.3) is 0 Å². The maximum Gasteiger partial charge on any atom is 0.326 e. The lowest BCUT2D eigenvalue weighted by Crippen LogP contribution is -2.42. The molecule has 0 saturated heterocycles. The third kappa shape index (κ3) is 5.59. The van der Waals surface area contributed by atoms with E-state index in [0.29, 0.717) is 12.3 Å². The van der Waals surface area contributed by atoms with Gasteiger partial charge in [0.2, 0.25) is 11.8 Å². The van der Waals surface area contributed by atoms with Crippen LogP contribution >= 0.6 is 0 Å². The Balaban J connectivity index is 2.24. The molecule has 2 unspecified atom stereocenters. The molecule has 20 heavy (non-hydrogen) atoms. The fraction of sp³-hybridized carbons (Fsp3) is 0.786. The van der Waals surface area contributed by atoms with Crippen molar-refractivity contribution in [1.82, 2.24) is 10.6 Å². The highest BCUT2D eigenvalue weighted by atomic mass is 16.4. The topological polar surface area (TPSA) is 95.5 Å². The zero-order chi connectivity index (χ0) is 15.3. The Bertz CT molecular complexity index is 381. The normalized spacial score (nSPS) is 22.2. The van der Waals surface area contributed by atoms with E-state index in [-0.39, 0.29) is 36.6 Å². The molecule has 1 rings (SSSR count). The van der Waals surface area contributed by atoms with Crippen molar-refractivity contribution in [1.29, 1.82) is 0 Å². The van der Waals surface area contributed by atoms with Crippen LogP contribution in [-0.2, 0) is 14.4 Å². The molecular formula is C14H24N2O4. The first kappa shape index (κ1) is 16.5. The van der Waals surface area contributed by atoms with Crippen LogP contribution in [0.4, 0.5) is 0 Å². The lowest BCUT2D eigenvalue weighted by atomic mass is 10.0. The Morgan fingerprint density at radius 3 is 2.35 bits per heavy atom. The number of nitrogens with one attached hydrogen (secondary N) is 2. The van der Waals surface area contributed by atoms with Gasteiger partial charge in [-0.05, 0) is 24.7 Å². The molecule has 0 spiro atoms. The smallest absolute Gasteiger partial charge is 0.326 e. The van der Waals surface area contributed by atoms with E-state index in [2.05, 4.69) is 10.6 Å². The van der Waals surface area contributed by atoms with Crippen LogP contribution in [0.1, 0.15) is 40.0 Å². The second-order valence-electron chi connectivity index (χ2n) is 5.95. The molecule has 1 saturated carbocycles. The average Bonchev–Trinajstić information content (AvgIpc) is 3.04. The van der Waals surface area contributed by atoms with Gasteiger partial charge in [0, 0.05) is 18.9 Å². The summed E-state index contributed by atoms with van der Waals surface area (Å²) >= 11 is 0. The lowest BCUT2D eigenvalue weighted by molar-refractivity contribution is -0.142. The molecule has 0 aromatic carbocycles. The summed E-state index contributed by atoms with van der Waals surface area (Å²) in [4.78, 5) is 34.2. The molecule has 0 aliphatic heterocycles. The van der Waals surface area contributed by atoms with Gasteiger partial charge < -0.3 is 15.7 Å². The Labute approximate surface area is 119 Å². The maximum atomic E-state index is 11.6. The molecule has 1 aliphatic carbocycles. The van der Waals surface area contributed by atoms with Crippen LogP contribution in [0, 0.1) is 17.8 Å². The van der Waals surface area contributed by atoms with Crippen molar-refractivity contribution in [3.63, 3.8) is 0 Å². The Kier molecular flexibility index (Phi) is 5.98. The van der Waals surface area contributed by atoms with Crippen LogP contribution < -0.4 is 10.6 Å². The van der Waals surface area contributed by atoms with Gasteiger partial charge in [-0.2, -0.15) is 0 Å². The van der Waals surface area contributed by atoms with E-state index < -0.39 is 12.0 Å². The number of carbonyl (C=O) groups is 3. The number of carboxylic acid groups (broad SMARTS) is 1. The van der Waals surface area contributed by atoms with Crippen LogP contribution in [0.15, 0.2) is 0 Å². The van der Waals surface area contributed by atoms with Gasteiger partial charge >= 0.3 is 5.97 Å². The minimum atomic E-state index is -1.03. The number of hydrogen-bond acceptors (Lipinski definition) is 3. The van der Waals surface area contributed by atoms with Gasteiger partial charge in [0.1, 0.15) is 6.04 Å². The van der Waals surface area contributed by atoms with Crippen LogP contribution in [-0.4, -0.2) is 35.5 Å². The molecule has 114 valence electrons. The summed E-state index contributed by atoms with van der Waals surface area (Å²) in [6.07, 6.45) is 1.41. The van der Waals surface area contributed by atoms with Crippen molar-refractivity contribution in [2.45, 2.75) is 46.1 Å². The van der Waals surface area contributed by atoms with Crippen molar-refractivity contribution < 1.29 is 19.5 Å². The molecular weight excluding hydrogens is 260 g/mol. The standard InChI is InChI=1S/C14H24N2O4/c1-8(2)6-11(14(19)20)16-12(17)4-5-15-13(18)10-7-9(10)3/h8-11H,4-7H2,1-3H3,(H,15,18)(H,16,17)(H,19,20)/t9?,10?,11-/m1/s1. The van der Waals surface area contributed by atoms with E-state index in [0.717, 1.165) is 6.42 Å². The largest absolute Gasteiger partial charge is 0.480 e. The van der Waals surface area contributed by atoms with Crippen LogP contribution in [0.2, 0.25) is 0 Å². The number of carbonyl (C=O) groups excluding carboxylic acids is 2. The van der Waals surface area contributed by atoms with Gasteiger partial charge in [-0.1, -0.05) is 20.8 Å². The summed E-state index contributed by atoms with van der Waals surface area (Å²) in [5.41, 5.74) is 0. The predicted octanol–water partition coefficient (Wildman–Crippen LogP) is 0.764. The molecule has 3 atom stereocenters. The molecule has 0 heterocycles. The number of hydrogen-bond donors (Lipinski definition) is 3. The molecule has 1 fully saturated rings. The van der Waals surface area contributed by atoms with Crippen LogP contribution in [0.3, 0.4) is 0 Å². The van der Waals surface area contributed by atoms with Gasteiger partial charge in [-0.3, -0.25) is 9.59 Å². The summed E-state index contributed by atoms with van der Waals surface area (Å²) < 4.78 is 0. The number of carboxylic acids is 1. The molecule has 0 radical (unpaired) electrons. The molecule has 0 aromatic rings. The number of amides is 2. The molecule has 1 aliphatic rings. The monoisotopic (exact) mass is 284 g/mol. The van der Waals surface area contributed by atoms with Crippen molar-refractivity contribution in [3.05, 3.63) is 0 Å². The first-order chi connectivity index (χ1) is 9.31. The first-order valence-electron chi connectivity index (χ1n) is 7.11. The van der Waals surface area contributed by atoms with E-state index in [9.17, 15) is 14.4 Å². The summed E-state index contributed by atoms with van der Waals surface area (Å²) in [5, 5.41) is 14.2. The summed E-state index contributed by atoms with van der Waals surface area (Å²) in [5.74, 6) is -0.670. The predicted molar refractivity (Wildman–Crippen MR) is 73.9 cm³/mol. The van der Waals surface area contributed by atoms with E-state index in [1.54, 1.807) is 0 Å². The van der Waals surface area contributed by atoms with Crippen LogP contribution in [0.5, 0.6) is 0 Å². The maximum absolute atomic E-state index is 11.6. The van der Waals surface area contributed by atoms with Crippen LogP contribution in [0.25, 0.3) is 0 Å². The van der Waals surface area contributed by atoms with Crippen molar-refractivity contribution in [2.24, 2.45) is 17.8 Å². The summed E-state index contributed by atoms with van der Waals surface area (Å²) in [6, 6.07) is -0.860. The minimum Gasteiger partial charge on any atom is -0.480 e. The SMILES string of the molecule is CC(C)C[C@@H](NC(=O)CCNC(=O)C1CC1C)C(=O)O. The highest BCUT2D eigenvalue weighted by molar-refractivity contribution is 5.85. The third-order valence-corrected chi connectivity index (χ3v) is 3.44. The van der Waals surface area contributed by atoms with Gasteiger partial charge in [-0.15, -0.1) is 0 Å². The highest BCUT2D eigenvalue weighted by Crippen LogP contribution is 2.37. The Morgan fingerprint density at radius 1 is 1.30 bits per heavy atom. The number of rotatable bonds is 8. The van der Waals surface area contributed by atoms with Crippen molar-refractivity contribution >= 4 is 17.8 Å². The van der Waals surface area contributed by atoms with Crippen molar-refractivity contribution in [2.75, 3.05) is 6.54 Å². The molecule has 3 N–H and O–H groups in total. The molecule has 0 aromatic heterocycles. The van der Waals surface area contributed by atoms with Gasteiger partial charge in [0.05, 0.1) is 0 Å². The molecule has 2 amide bonds. The van der Waals surface area contributed by atoms with E-state index in [1.165, 1.54) is 0 Å². The molecule has 6 heteroatoms. The van der Waals surface area contributed by atoms with E-state index >= 15 is 0 Å². The first-order valence-corrected chi connectivity index (χ1v) is 7.11. The minimum absolute atomic E-state index is 0.0118. The zero-order valence-electron chi connectivity index (χ0n) is 12.3. The van der Waals surface area contributed by atoms with Gasteiger partial charge in [-0.25, -0.2) is 4.79 Å². The van der Waals surface area contributed by atoms with Crippen molar-refractivity contribution in [3.8, 4) is 0 Å². The fourth-order valence-corrected chi connectivity index (χ4v) is 2.08. The quantitative estimate of drug-likeness (QED) is 0.613. The average molecular weight is 284 g/mol. The fourth-order valence-electron chi connectivity index (χ4n) is 2.08. The number of aliphatic carboxylic acids is 1. The second kappa shape index (κ2) is 7.26. The Morgan fingerprint density at radius 2 is 1.90 bits per heavy atom. The molecule has 0 bridgehead atoms. The van der Waals surface area contributed by atoms with E-state index in [4.69, 9.17) is 5.11 Å². The van der Waals surface area contributed by atoms with E-state index in [1.807, 2.05) is 20.8 Å². The lowest BCUT2D eigenvalue weighted by Gasteiger charge is -2.16. The molecule has 6 nitrogen and oxygen atoms in total. The Hall–Kier alpha value is -1.59.